The third-order valence-electron chi connectivity index (χ3n) is 4.74. The lowest BCUT2D eigenvalue weighted by Gasteiger charge is -2.29. The molecule has 1 fully saturated rings. The fourth-order valence-corrected chi connectivity index (χ4v) is 4.08. The van der Waals surface area contributed by atoms with Gasteiger partial charge in [-0.05, 0) is 74.6 Å². The Morgan fingerprint density at radius 1 is 1.11 bits per heavy atom. The topological polar surface area (TPSA) is 41.3 Å². The van der Waals surface area contributed by atoms with Gasteiger partial charge in [-0.15, -0.1) is 0 Å². The molecule has 1 aromatic carbocycles. The molecular formula is C21H20ClN3OS. The molecule has 4 rings (SSSR count). The van der Waals surface area contributed by atoms with Crippen LogP contribution in [0.25, 0.3) is 11.3 Å². The Kier molecular flexibility index (Phi) is 4.89. The zero-order chi connectivity index (χ0) is 19.0. The van der Waals surface area contributed by atoms with Crippen molar-refractivity contribution in [3.05, 3.63) is 77.3 Å². The maximum Gasteiger partial charge on any atom is 0.170 e. The average molecular weight is 398 g/mol. The highest BCUT2D eigenvalue weighted by Crippen LogP contribution is 2.41. The van der Waals surface area contributed by atoms with Gasteiger partial charge < -0.3 is 14.6 Å². The average Bonchev–Trinajstić information content (AvgIpc) is 3.27. The van der Waals surface area contributed by atoms with Crippen molar-refractivity contribution in [3.63, 3.8) is 0 Å². The lowest BCUT2D eigenvalue weighted by atomic mass is 10.0. The highest BCUT2D eigenvalue weighted by Gasteiger charge is 2.42. The summed E-state index contributed by atoms with van der Waals surface area (Å²) in [6.45, 7) is 4.26. The molecule has 2 atom stereocenters. The summed E-state index contributed by atoms with van der Waals surface area (Å²) in [7, 11) is 0. The van der Waals surface area contributed by atoms with Crippen LogP contribution in [-0.2, 0) is 0 Å². The third-order valence-corrected chi connectivity index (χ3v) is 5.32. The molecular weight excluding hydrogens is 378 g/mol. The zero-order valence-electron chi connectivity index (χ0n) is 15.1. The number of benzene rings is 1. The Morgan fingerprint density at radius 3 is 2.56 bits per heavy atom. The first-order chi connectivity index (χ1) is 13.0. The Labute approximate surface area is 169 Å². The van der Waals surface area contributed by atoms with E-state index in [2.05, 4.69) is 29.0 Å². The molecule has 1 aliphatic rings. The van der Waals surface area contributed by atoms with E-state index in [1.54, 1.807) is 6.20 Å². The van der Waals surface area contributed by atoms with Crippen molar-refractivity contribution in [2.75, 3.05) is 0 Å². The first kappa shape index (κ1) is 18.0. The number of nitrogens with zero attached hydrogens (tertiary/aromatic N) is 2. The van der Waals surface area contributed by atoms with E-state index in [1.165, 1.54) is 0 Å². The van der Waals surface area contributed by atoms with Crippen LogP contribution < -0.4 is 5.32 Å². The molecule has 27 heavy (non-hydrogen) atoms. The normalized spacial score (nSPS) is 19.6. The molecule has 0 aliphatic carbocycles. The minimum Gasteiger partial charge on any atom is -0.459 e. The summed E-state index contributed by atoms with van der Waals surface area (Å²) in [5.41, 5.74) is 1.93. The molecule has 1 aliphatic heterocycles. The van der Waals surface area contributed by atoms with Crippen LogP contribution in [0.2, 0.25) is 5.02 Å². The molecule has 3 aromatic rings. The Morgan fingerprint density at radius 2 is 1.89 bits per heavy atom. The summed E-state index contributed by atoms with van der Waals surface area (Å²) < 4.78 is 6.26. The minimum atomic E-state index is -0.0645. The van der Waals surface area contributed by atoms with Crippen molar-refractivity contribution < 1.29 is 4.42 Å². The number of thiocarbonyl (C=S) groups is 1. The third kappa shape index (κ3) is 3.45. The molecule has 0 spiro atoms. The fraction of sp³-hybridized carbons (Fsp3) is 0.238. The maximum absolute atomic E-state index is 6.26. The number of aromatic nitrogens is 1. The van der Waals surface area contributed by atoms with Crippen LogP contribution in [0.1, 0.15) is 37.4 Å². The lowest BCUT2D eigenvalue weighted by Crippen LogP contribution is -2.35. The van der Waals surface area contributed by atoms with E-state index in [9.17, 15) is 0 Å². The standard InChI is InChI=1S/C21H20ClN3OS/c1-13(2)25-20(19(24-21(25)27)16-5-3-4-12-23-16)18-11-10-17(26-18)14-6-8-15(22)9-7-14/h3-13,19-20H,1-2H3,(H,24,27)/t19-,20-/m1/s1. The Balaban J connectivity index is 1.74. The van der Waals surface area contributed by atoms with Crippen LogP contribution in [-0.4, -0.2) is 21.0 Å². The molecule has 1 saturated heterocycles. The van der Waals surface area contributed by atoms with Crippen molar-refractivity contribution in [3.8, 4) is 11.3 Å². The second kappa shape index (κ2) is 7.33. The number of rotatable bonds is 4. The van der Waals surface area contributed by atoms with Gasteiger partial charge in [-0.1, -0.05) is 17.7 Å². The maximum atomic E-state index is 6.26. The molecule has 0 unspecified atom stereocenters. The van der Waals surface area contributed by atoms with E-state index >= 15 is 0 Å². The molecule has 4 nitrogen and oxygen atoms in total. The number of pyridine rings is 1. The molecule has 0 bridgehead atoms. The molecule has 0 saturated carbocycles. The van der Waals surface area contributed by atoms with Crippen LogP contribution in [0.3, 0.4) is 0 Å². The molecule has 3 heterocycles. The van der Waals surface area contributed by atoms with Crippen molar-refractivity contribution in [1.82, 2.24) is 15.2 Å². The summed E-state index contributed by atoms with van der Waals surface area (Å²) in [6, 6.07) is 17.7. The number of hydrogen-bond acceptors (Lipinski definition) is 3. The Hall–Kier alpha value is -2.37. The molecule has 2 aromatic heterocycles. The predicted octanol–water partition coefficient (Wildman–Crippen LogP) is 5.38. The van der Waals surface area contributed by atoms with Crippen molar-refractivity contribution in [2.45, 2.75) is 32.0 Å². The second-order valence-corrected chi connectivity index (χ2v) is 7.66. The van der Waals surface area contributed by atoms with Crippen LogP contribution in [0.5, 0.6) is 0 Å². The predicted molar refractivity (Wildman–Crippen MR) is 112 cm³/mol. The largest absolute Gasteiger partial charge is 0.459 e. The van der Waals surface area contributed by atoms with Gasteiger partial charge in [0.25, 0.3) is 0 Å². The molecule has 6 heteroatoms. The molecule has 0 radical (unpaired) electrons. The fourth-order valence-electron chi connectivity index (χ4n) is 3.51. The molecule has 1 N–H and O–H groups in total. The van der Waals surface area contributed by atoms with E-state index in [-0.39, 0.29) is 18.1 Å². The molecule has 0 amide bonds. The van der Waals surface area contributed by atoms with Gasteiger partial charge in [-0.2, -0.15) is 0 Å². The SMILES string of the molecule is CC(C)N1C(=S)N[C@H](c2ccccn2)[C@H]1c1ccc(-c2ccc(Cl)cc2)o1. The van der Waals surface area contributed by atoms with Crippen molar-refractivity contribution >= 4 is 28.9 Å². The monoisotopic (exact) mass is 397 g/mol. The quantitative estimate of drug-likeness (QED) is 0.599. The van der Waals surface area contributed by atoms with E-state index in [0.717, 1.165) is 27.9 Å². The number of nitrogens with one attached hydrogen (secondary N) is 1. The van der Waals surface area contributed by atoms with E-state index in [1.807, 2.05) is 54.6 Å². The summed E-state index contributed by atoms with van der Waals surface area (Å²) in [5.74, 6) is 1.67. The van der Waals surface area contributed by atoms with Gasteiger partial charge >= 0.3 is 0 Å². The smallest absolute Gasteiger partial charge is 0.170 e. The first-order valence-electron chi connectivity index (χ1n) is 8.90. The van der Waals surface area contributed by atoms with Gasteiger partial charge in [0, 0.05) is 22.8 Å². The second-order valence-electron chi connectivity index (χ2n) is 6.84. The van der Waals surface area contributed by atoms with Gasteiger partial charge in [0.1, 0.15) is 17.6 Å². The van der Waals surface area contributed by atoms with Crippen LogP contribution in [0.4, 0.5) is 0 Å². The lowest BCUT2D eigenvalue weighted by molar-refractivity contribution is 0.237. The van der Waals surface area contributed by atoms with Gasteiger partial charge in [0.05, 0.1) is 11.7 Å². The van der Waals surface area contributed by atoms with E-state index in [4.69, 9.17) is 28.2 Å². The van der Waals surface area contributed by atoms with Gasteiger partial charge in [0.2, 0.25) is 0 Å². The minimum absolute atomic E-state index is 0.0616. The highest BCUT2D eigenvalue weighted by atomic mass is 35.5. The van der Waals surface area contributed by atoms with E-state index in [0.29, 0.717) is 5.02 Å². The number of hydrogen-bond donors (Lipinski definition) is 1. The van der Waals surface area contributed by atoms with Crippen molar-refractivity contribution in [1.29, 1.82) is 0 Å². The first-order valence-corrected chi connectivity index (χ1v) is 9.68. The van der Waals surface area contributed by atoms with Crippen LogP contribution >= 0.6 is 23.8 Å². The van der Waals surface area contributed by atoms with Gasteiger partial charge in [-0.3, -0.25) is 4.98 Å². The summed E-state index contributed by atoms with van der Waals surface area (Å²) >= 11 is 11.6. The highest BCUT2D eigenvalue weighted by molar-refractivity contribution is 7.80. The number of furan rings is 1. The van der Waals surface area contributed by atoms with Gasteiger partial charge in [0.15, 0.2) is 5.11 Å². The summed E-state index contributed by atoms with van der Waals surface area (Å²) in [5, 5.41) is 4.85. The van der Waals surface area contributed by atoms with Crippen LogP contribution in [0.15, 0.2) is 65.2 Å². The van der Waals surface area contributed by atoms with E-state index < -0.39 is 0 Å². The summed E-state index contributed by atoms with van der Waals surface area (Å²) in [4.78, 5) is 6.71. The van der Waals surface area contributed by atoms with Gasteiger partial charge in [-0.25, -0.2) is 0 Å². The van der Waals surface area contributed by atoms with Crippen LogP contribution in [0, 0.1) is 0 Å². The number of halogens is 1. The summed E-state index contributed by atoms with van der Waals surface area (Å²) in [6.07, 6.45) is 1.80. The molecule has 138 valence electrons. The zero-order valence-corrected chi connectivity index (χ0v) is 16.7. The Bertz CT molecular complexity index is 940. The van der Waals surface area contributed by atoms with Crippen molar-refractivity contribution in [2.24, 2.45) is 0 Å².